The fraction of sp³-hybridized carbons (Fsp3) is 0.200. The van der Waals surface area contributed by atoms with E-state index in [1.54, 1.807) is 48.2 Å². The second-order valence-corrected chi connectivity index (χ2v) is 13.5. The lowest BCUT2D eigenvalue weighted by Crippen LogP contribution is -2.43. The summed E-state index contributed by atoms with van der Waals surface area (Å²) in [4.78, 5) is 62.2. The number of para-hydroxylation sites is 2. The lowest BCUT2D eigenvalue weighted by atomic mass is 9.85. The molecule has 5 aromatic rings. The Morgan fingerprint density at radius 1 is 0.479 bits per heavy atom. The number of rotatable bonds is 9. The van der Waals surface area contributed by atoms with Gasteiger partial charge in [0.2, 0.25) is 0 Å². The smallest absolute Gasteiger partial charge is 0.265 e. The highest BCUT2D eigenvalue weighted by molar-refractivity contribution is 7.99. The van der Waals surface area contributed by atoms with Crippen LogP contribution >= 0.6 is 11.8 Å². The van der Waals surface area contributed by atoms with Gasteiger partial charge in [-0.2, -0.15) is 0 Å². The van der Waals surface area contributed by atoms with Gasteiger partial charge in [-0.1, -0.05) is 75.1 Å². The van der Waals surface area contributed by atoms with Gasteiger partial charge in [-0.05, 0) is 79.2 Å². The number of fused-ring (bicyclic) bond motifs is 2. The summed E-state index contributed by atoms with van der Waals surface area (Å²) < 4.78 is 0. The number of nitrogens with zero attached hydrogens (tertiary/aromatic N) is 3. The third kappa shape index (κ3) is 4.73. The first-order chi connectivity index (χ1) is 23.5. The molecule has 3 aliphatic rings. The monoisotopic (exact) mass is 651 g/mol. The lowest BCUT2D eigenvalue weighted by Gasteiger charge is -2.33. The molecule has 8 rings (SSSR count). The minimum Gasteiger partial charge on any atom is -0.308 e. The van der Waals surface area contributed by atoms with Crippen LogP contribution < -0.4 is 9.80 Å². The Morgan fingerprint density at radius 3 is 1.44 bits per heavy atom. The molecule has 3 aliphatic heterocycles. The van der Waals surface area contributed by atoms with Crippen molar-refractivity contribution in [3.8, 4) is 0 Å². The summed E-state index contributed by atoms with van der Waals surface area (Å²) in [5, 5.41) is 0.781. The molecule has 0 saturated heterocycles. The SMILES string of the molecule is CCCCCCCCN1C(=O)c2ccc3c4c(ccc(c24)C1=O)C(=O)N(c1ccc(N2c4ccccc4Sc4ccccc42)cc1)C3=O. The lowest BCUT2D eigenvalue weighted by molar-refractivity contribution is 0.0606. The van der Waals surface area contributed by atoms with Gasteiger partial charge in [0.05, 0.1) is 17.1 Å². The Hall–Kier alpha value is -5.21. The number of imide groups is 2. The van der Waals surface area contributed by atoms with Crippen molar-refractivity contribution >= 4 is 68.9 Å². The van der Waals surface area contributed by atoms with Crippen LogP contribution in [0.5, 0.6) is 0 Å². The zero-order valence-electron chi connectivity index (χ0n) is 26.6. The standard InChI is InChI=1S/C40H33N3O4S/c1-2-3-4-5-6-11-24-41-37(44)27-20-22-29-36-30(23-21-28(35(27)36)38(41)45)40(47)43(39(29)46)26-18-16-25(17-19-26)42-31-12-7-9-14-33(31)48-34-15-10-8-13-32(34)42/h7-10,12-23H,2-6,11,24H2,1H3. The van der Waals surface area contributed by atoms with E-state index in [2.05, 4.69) is 36.1 Å². The Labute approximate surface area is 283 Å². The second-order valence-electron chi connectivity index (χ2n) is 12.4. The van der Waals surface area contributed by atoms with Gasteiger partial charge in [0, 0.05) is 55.0 Å². The molecule has 48 heavy (non-hydrogen) atoms. The Balaban J connectivity index is 1.11. The van der Waals surface area contributed by atoms with E-state index in [0.29, 0.717) is 45.3 Å². The molecular formula is C40H33N3O4S. The predicted molar refractivity (Wildman–Crippen MR) is 189 cm³/mol. The maximum atomic E-state index is 14.0. The van der Waals surface area contributed by atoms with Crippen molar-refractivity contribution in [2.45, 2.75) is 55.2 Å². The number of carbonyl (C=O) groups excluding carboxylic acids is 4. The van der Waals surface area contributed by atoms with E-state index >= 15 is 0 Å². The average Bonchev–Trinajstić information content (AvgIpc) is 3.11. The largest absolute Gasteiger partial charge is 0.308 e. The van der Waals surface area contributed by atoms with Crippen molar-refractivity contribution in [1.29, 1.82) is 0 Å². The molecule has 0 radical (unpaired) electrons. The minimum absolute atomic E-state index is 0.301. The molecule has 0 saturated carbocycles. The summed E-state index contributed by atoms with van der Waals surface area (Å²) >= 11 is 1.73. The zero-order chi connectivity index (χ0) is 32.9. The van der Waals surface area contributed by atoms with Gasteiger partial charge in [0.15, 0.2) is 0 Å². The summed E-state index contributed by atoms with van der Waals surface area (Å²) in [5.41, 5.74) is 4.77. The van der Waals surface area contributed by atoms with Crippen LogP contribution in [-0.2, 0) is 0 Å². The molecule has 8 heteroatoms. The van der Waals surface area contributed by atoms with Gasteiger partial charge in [0.25, 0.3) is 23.6 Å². The normalized spacial score (nSPS) is 14.9. The highest BCUT2D eigenvalue weighted by atomic mass is 32.2. The van der Waals surface area contributed by atoms with Crippen molar-refractivity contribution in [3.63, 3.8) is 0 Å². The van der Waals surface area contributed by atoms with Crippen LogP contribution in [0.2, 0.25) is 0 Å². The van der Waals surface area contributed by atoms with Crippen LogP contribution in [0.25, 0.3) is 10.8 Å². The highest BCUT2D eigenvalue weighted by Crippen LogP contribution is 2.51. The van der Waals surface area contributed by atoms with Gasteiger partial charge in [0.1, 0.15) is 0 Å². The third-order valence-electron chi connectivity index (χ3n) is 9.51. The molecule has 4 amide bonds. The van der Waals surface area contributed by atoms with Gasteiger partial charge >= 0.3 is 0 Å². The van der Waals surface area contributed by atoms with Crippen molar-refractivity contribution in [3.05, 3.63) is 119 Å². The number of carbonyl (C=O) groups is 4. The molecular weight excluding hydrogens is 619 g/mol. The van der Waals surface area contributed by atoms with Gasteiger partial charge in [-0.15, -0.1) is 0 Å². The van der Waals surface area contributed by atoms with E-state index in [1.165, 1.54) is 16.2 Å². The molecule has 0 bridgehead atoms. The number of benzene rings is 5. The summed E-state index contributed by atoms with van der Waals surface area (Å²) in [6, 6.07) is 30.4. The molecule has 5 aromatic carbocycles. The predicted octanol–water partition coefficient (Wildman–Crippen LogP) is 9.53. The summed E-state index contributed by atoms with van der Waals surface area (Å²) in [7, 11) is 0. The Bertz CT molecular complexity index is 2040. The topological polar surface area (TPSA) is 78.0 Å². The van der Waals surface area contributed by atoms with E-state index in [-0.39, 0.29) is 11.8 Å². The molecule has 0 spiro atoms. The zero-order valence-corrected chi connectivity index (χ0v) is 27.4. The highest BCUT2D eigenvalue weighted by Gasteiger charge is 2.40. The van der Waals surface area contributed by atoms with E-state index in [4.69, 9.17) is 0 Å². The van der Waals surface area contributed by atoms with Crippen molar-refractivity contribution in [2.75, 3.05) is 16.3 Å². The van der Waals surface area contributed by atoms with Crippen molar-refractivity contribution in [2.24, 2.45) is 0 Å². The number of hydrogen-bond acceptors (Lipinski definition) is 6. The molecule has 0 fully saturated rings. The van der Waals surface area contributed by atoms with Crippen LogP contribution in [0.1, 0.15) is 86.9 Å². The summed E-state index contributed by atoms with van der Waals surface area (Å²) in [5.74, 6) is -1.71. The quantitative estimate of drug-likeness (QED) is 0.114. The first kappa shape index (κ1) is 30.1. The van der Waals surface area contributed by atoms with E-state index in [1.807, 2.05) is 36.4 Å². The fourth-order valence-electron chi connectivity index (χ4n) is 7.15. The van der Waals surface area contributed by atoms with Crippen LogP contribution in [0.3, 0.4) is 0 Å². The van der Waals surface area contributed by atoms with E-state index < -0.39 is 11.8 Å². The average molecular weight is 652 g/mol. The van der Waals surface area contributed by atoms with Crippen LogP contribution in [0.4, 0.5) is 22.7 Å². The van der Waals surface area contributed by atoms with E-state index in [0.717, 1.165) is 59.0 Å². The fourth-order valence-corrected chi connectivity index (χ4v) is 8.20. The van der Waals surface area contributed by atoms with Gasteiger partial charge in [-0.25, -0.2) is 4.90 Å². The first-order valence-corrected chi connectivity index (χ1v) is 17.4. The number of hydrogen-bond donors (Lipinski definition) is 0. The molecule has 7 nitrogen and oxygen atoms in total. The minimum atomic E-state index is -0.483. The molecule has 0 unspecified atom stereocenters. The maximum absolute atomic E-state index is 14.0. The van der Waals surface area contributed by atoms with Gasteiger partial charge in [-0.3, -0.25) is 24.1 Å². The summed E-state index contributed by atoms with van der Waals surface area (Å²) in [6.07, 6.45) is 6.27. The number of anilines is 4. The molecule has 0 N–H and O–H groups in total. The molecule has 0 atom stereocenters. The van der Waals surface area contributed by atoms with Gasteiger partial charge < -0.3 is 4.90 Å². The second kappa shape index (κ2) is 12.1. The van der Waals surface area contributed by atoms with Crippen molar-refractivity contribution < 1.29 is 19.2 Å². The number of unbranched alkanes of at least 4 members (excludes halogenated alkanes) is 5. The summed E-state index contributed by atoms with van der Waals surface area (Å²) in [6.45, 7) is 2.52. The molecule has 0 aromatic heterocycles. The maximum Gasteiger partial charge on any atom is 0.265 e. The van der Waals surface area contributed by atoms with E-state index in [9.17, 15) is 19.2 Å². The Morgan fingerprint density at radius 2 is 0.917 bits per heavy atom. The first-order valence-electron chi connectivity index (χ1n) is 16.6. The van der Waals surface area contributed by atoms with Crippen LogP contribution in [0.15, 0.2) is 107 Å². The molecule has 0 aliphatic carbocycles. The van der Waals surface area contributed by atoms with Crippen LogP contribution in [-0.4, -0.2) is 35.1 Å². The third-order valence-corrected chi connectivity index (χ3v) is 10.6. The number of amides is 4. The molecule has 3 heterocycles. The van der Waals surface area contributed by atoms with Crippen molar-refractivity contribution in [1.82, 2.24) is 4.90 Å². The Kier molecular flexibility index (Phi) is 7.60. The molecule has 238 valence electrons. The van der Waals surface area contributed by atoms with Crippen LogP contribution in [0, 0.1) is 0 Å².